The number of aromatic nitrogens is 2. The maximum absolute atomic E-state index is 12.3. The van der Waals surface area contributed by atoms with E-state index in [1.54, 1.807) is 10.9 Å². The Morgan fingerprint density at radius 2 is 2.00 bits per heavy atom. The molecule has 0 atom stereocenters. The maximum atomic E-state index is 12.3. The predicted octanol–water partition coefficient (Wildman–Crippen LogP) is 2.63. The molecule has 1 aliphatic carbocycles. The van der Waals surface area contributed by atoms with Crippen molar-refractivity contribution in [1.82, 2.24) is 9.78 Å². The summed E-state index contributed by atoms with van der Waals surface area (Å²) in [6.45, 7) is 0. The van der Waals surface area contributed by atoms with Crippen LogP contribution in [0.1, 0.15) is 28.0 Å². The number of carbonyl (C=O) groups is 1. The highest BCUT2D eigenvalue weighted by Crippen LogP contribution is 2.25. The number of hydrogen-bond acceptors (Lipinski definition) is 2. The molecule has 1 aromatic carbocycles. The van der Waals surface area contributed by atoms with E-state index in [2.05, 4.69) is 5.10 Å². The molecule has 3 rings (SSSR count). The minimum Gasteiger partial charge on any atom is -0.289 e. The quantitative estimate of drug-likeness (QED) is 0.716. The number of rotatable bonds is 1. The van der Waals surface area contributed by atoms with Crippen LogP contribution in [0.3, 0.4) is 0 Å². The van der Waals surface area contributed by atoms with E-state index in [1.165, 1.54) is 0 Å². The van der Waals surface area contributed by atoms with Gasteiger partial charge in [-0.15, -0.1) is 0 Å². The second-order valence-corrected chi connectivity index (χ2v) is 4.54. The molecule has 1 heterocycles. The normalized spacial score (nSPS) is 16.9. The molecule has 2 aromatic rings. The molecular formula is C15H14N2O. The summed E-state index contributed by atoms with van der Waals surface area (Å²) in [5.41, 5.74) is 3.76. The zero-order valence-electron chi connectivity index (χ0n) is 10.3. The first-order chi connectivity index (χ1) is 8.75. The van der Waals surface area contributed by atoms with Crippen molar-refractivity contribution in [2.45, 2.75) is 12.8 Å². The van der Waals surface area contributed by atoms with Crippen molar-refractivity contribution >= 4 is 11.9 Å². The standard InChI is InChI=1S/C15H14N2O/c1-17-14-8-7-12(15(18)13(14)10-16-17)9-11-5-3-2-4-6-11/h2-6,9-10H,7-8H2,1H3/b12-9+. The average Bonchev–Trinajstić information content (AvgIpc) is 2.77. The molecule has 0 radical (unpaired) electrons. The Hall–Kier alpha value is -2.16. The van der Waals surface area contributed by atoms with Crippen molar-refractivity contribution in [2.75, 3.05) is 0 Å². The Kier molecular flexibility index (Phi) is 2.59. The van der Waals surface area contributed by atoms with Crippen LogP contribution in [0.2, 0.25) is 0 Å². The van der Waals surface area contributed by atoms with Gasteiger partial charge in [0.2, 0.25) is 0 Å². The van der Waals surface area contributed by atoms with Crippen molar-refractivity contribution in [3.05, 3.63) is 58.9 Å². The van der Waals surface area contributed by atoms with Gasteiger partial charge in [0.05, 0.1) is 11.8 Å². The van der Waals surface area contributed by atoms with Gasteiger partial charge in [-0.05, 0) is 24.5 Å². The van der Waals surface area contributed by atoms with Gasteiger partial charge in [0.1, 0.15) is 0 Å². The topological polar surface area (TPSA) is 34.9 Å². The Bertz CT molecular complexity index is 623. The number of fused-ring (bicyclic) bond motifs is 1. The van der Waals surface area contributed by atoms with Crippen molar-refractivity contribution in [3.63, 3.8) is 0 Å². The van der Waals surface area contributed by atoms with Gasteiger partial charge < -0.3 is 0 Å². The summed E-state index contributed by atoms with van der Waals surface area (Å²) in [6.07, 6.45) is 5.34. The van der Waals surface area contributed by atoms with Crippen molar-refractivity contribution in [2.24, 2.45) is 7.05 Å². The molecule has 90 valence electrons. The minimum atomic E-state index is 0.119. The third-order valence-electron chi connectivity index (χ3n) is 3.37. The van der Waals surface area contributed by atoms with E-state index >= 15 is 0 Å². The maximum Gasteiger partial charge on any atom is 0.192 e. The molecule has 0 saturated carbocycles. The van der Waals surface area contributed by atoms with Crippen molar-refractivity contribution < 1.29 is 4.79 Å². The van der Waals surface area contributed by atoms with Gasteiger partial charge >= 0.3 is 0 Å². The Morgan fingerprint density at radius 3 is 2.78 bits per heavy atom. The highest BCUT2D eigenvalue weighted by molar-refractivity contribution is 6.12. The van der Waals surface area contributed by atoms with Crippen molar-refractivity contribution in [3.8, 4) is 0 Å². The van der Waals surface area contributed by atoms with Gasteiger partial charge in [0, 0.05) is 18.3 Å². The second-order valence-electron chi connectivity index (χ2n) is 4.54. The molecule has 3 heteroatoms. The smallest absolute Gasteiger partial charge is 0.192 e. The lowest BCUT2D eigenvalue weighted by atomic mass is 9.90. The first kappa shape index (κ1) is 11.0. The highest BCUT2D eigenvalue weighted by Gasteiger charge is 2.24. The fraction of sp³-hybridized carbons (Fsp3) is 0.200. The van der Waals surface area contributed by atoms with Crippen molar-refractivity contribution in [1.29, 1.82) is 0 Å². The molecule has 0 unspecified atom stereocenters. The zero-order chi connectivity index (χ0) is 12.5. The van der Waals surface area contributed by atoms with E-state index in [0.29, 0.717) is 0 Å². The molecule has 0 bridgehead atoms. The third kappa shape index (κ3) is 1.78. The minimum absolute atomic E-state index is 0.119. The van der Waals surface area contributed by atoms with Gasteiger partial charge in [-0.25, -0.2) is 0 Å². The van der Waals surface area contributed by atoms with Crippen LogP contribution in [0.25, 0.3) is 6.08 Å². The molecule has 0 saturated heterocycles. The average molecular weight is 238 g/mol. The van der Waals surface area contributed by atoms with Crippen LogP contribution in [0.5, 0.6) is 0 Å². The molecule has 0 spiro atoms. The lowest BCUT2D eigenvalue weighted by molar-refractivity contribution is 0.102. The molecule has 1 aliphatic rings. The largest absolute Gasteiger partial charge is 0.289 e. The van der Waals surface area contributed by atoms with Crippen LogP contribution in [0.4, 0.5) is 0 Å². The van der Waals surface area contributed by atoms with E-state index in [9.17, 15) is 4.79 Å². The van der Waals surface area contributed by atoms with E-state index in [4.69, 9.17) is 0 Å². The van der Waals surface area contributed by atoms with Gasteiger partial charge in [-0.1, -0.05) is 30.3 Å². The van der Waals surface area contributed by atoms with Crippen LogP contribution in [-0.2, 0) is 13.5 Å². The molecule has 0 fully saturated rings. The number of carbonyl (C=O) groups excluding carboxylic acids is 1. The van der Waals surface area contributed by atoms with E-state index in [1.807, 2.05) is 43.5 Å². The van der Waals surface area contributed by atoms with E-state index < -0.39 is 0 Å². The van der Waals surface area contributed by atoms with Crippen LogP contribution in [0.15, 0.2) is 42.1 Å². The highest BCUT2D eigenvalue weighted by atomic mass is 16.1. The lowest BCUT2D eigenvalue weighted by Gasteiger charge is -2.14. The fourth-order valence-electron chi connectivity index (χ4n) is 2.38. The second kappa shape index (κ2) is 4.26. The number of nitrogens with zero attached hydrogens (tertiary/aromatic N) is 2. The molecule has 0 aliphatic heterocycles. The van der Waals surface area contributed by atoms with E-state index in [0.717, 1.165) is 35.2 Å². The molecule has 3 nitrogen and oxygen atoms in total. The van der Waals surface area contributed by atoms with Gasteiger partial charge in [-0.3, -0.25) is 9.48 Å². The van der Waals surface area contributed by atoms with Crippen LogP contribution in [0, 0.1) is 0 Å². The first-order valence-electron chi connectivity index (χ1n) is 6.07. The Labute approximate surface area is 106 Å². The molecular weight excluding hydrogens is 224 g/mol. The monoisotopic (exact) mass is 238 g/mol. The fourth-order valence-corrected chi connectivity index (χ4v) is 2.38. The number of aryl methyl sites for hydroxylation is 1. The Balaban J connectivity index is 1.98. The van der Waals surface area contributed by atoms with Gasteiger partial charge in [0.15, 0.2) is 5.78 Å². The summed E-state index contributed by atoms with van der Waals surface area (Å²) < 4.78 is 1.80. The molecule has 0 N–H and O–H groups in total. The summed E-state index contributed by atoms with van der Waals surface area (Å²) in [5, 5.41) is 4.16. The summed E-state index contributed by atoms with van der Waals surface area (Å²) >= 11 is 0. The molecule has 1 aromatic heterocycles. The molecule has 0 amide bonds. The number of Topliss-reactive ketones (excluding diaryl/α,β-unsaturated/α-hetero) is 1. The van der Waals surface area contributed by atoms with Gasteiger partial charge in [-0.2, -0.15) is 5.10 Å². The van der Waals surface area contributed by atoms with Gasteiger partial charge in [0.25, 0.3) is 0 Å². The third-order valence-corrected chi connectivity index (χ3v) is 3.37. The number of benzene rings is 1. The number of allylic oxidation sites excluding steroid dienone is 1. The van der Waals surface area contributed by atoms with Crippen LogP contribution in [-0.4, -0.2) is 15.6 Å². The SMILES string of the molecule is Cn1ncc2c1CC/C(=C\c1ccccc1)C2=O. The lowest BCUT2D eigenvalue weighted by Crippen LogP contribution is -2.14. The predicted molar refractivity (Wildman–Crippen MR) is 70.3 cm³/mol. The number of hydrogen-bond donors (Lipinski definition) is 0. The summed E-state index contributed by atoms with van der Waals surface area (Å²) in [4.78, 5) is 12.3. The summed E-state index contributed by atoms with van der Waals surface area (Å²) in [6, 6.07) is 9.96. The summed E-state index contributed by atoms with van der Waals surface area (Å²) in [7, 11) is 1.89. The Morgan fingerprint density at radius 1 is 1.22 bits per heavy atom. The first-order valence-corrected chi connectivity index (χ1v) is 6.07. The summed E-state index contributed by atoms with van der Waals surface area (Å²) in [5.74, 6) is 0.119. The van der Waals surface area contributed by atoms with Crippen LogP contribution < -0.4 is 0 Å². The van der Waals surface area contributed by atoms with Crippen LogP contribution >= 0.6 is 0 Å². The van der Waals surface area contributed by atoms with E-state index in [-0.39, 0.29) is 5.78 Å². The number of ketones is 1. The zero-order valence-corrected chi connectivity index (χ0v) is 10.3. The molecule has 18 heavy (non-hydrogen) atoms.